The molecular weight excluding hydrogens is 376 g/mol. The molecule has 1 aliphatic rings. The number of rotatable bonds is 6. The Labute approximate surface area is 165 Å². The number of benzene rings is 2. The van der Waals surface area contributed by atoms with E-state index < -0.39 is 9.84 Å². The second kappa shape index (κ2) is 8.56. The van der Waals surface area contributed by atoms with E-state index in [1.54, 1.807) is 24.3 Å². The summed E-state index contributed by atoms with van der Waals surface area (Å²) in [5.41, 5.74) is 1.78. The third kappa shape index (κ3) is 5.19. The molecular formula is C21H24N2O4S. The van der Waals surface area contributed by atoms with Crippen molar-refractivity contribution in [2.24, 2.45) is 5.92 Å². The maximum atomic E-state index is 12.7. The van der Waals surface area contributed by atoms with Crippen molar-refractivity contribution in [3.63, 3.8) is 0 Å². The molecule has 3 rings (SSSR count). The number of hydrogen-bond acceptors (Lipinski definition) is 4. The van der Waals surface area contributed by atoms with Crippen LogP contribution < -0.4 is 10.6 Å². The van der Waals surface area contributed by atoms with Crippen molar-refractivity contribution >= 4 is 27.3 Å². The molecule has 2 amide bonds. The van der Waals surface area contributed by atoms with Crippen LogP contribution >= 0.6 is 0 Å². The van der Waals surface area contributed by atoms with Gasteiger partial charge in [0.25, 0.3) is 5.91 Å². The molecule has 7 heteroatoms. The van der Waals surface area contributed by atoms with Crippen LogP contribution in [0.25, 0.3) is 0 Å². The van der Waals surface area contributed by atoms with Crippen molar-refractivity contribution in [3.05, 3.63) is 65.7 Å². The van der Waals surface area contributed by atoms with Gasteiger partial charge in [0.2, 0.25) is 5.91 Å². The summed E-state index contributed by atoms with van der Waals surface area (Å²) in [7, 11) is -3.02. The number of nitrogens with one attached hydrogen (secondary N) is 2. The van der Waals surface area contributed by atoms with Crippen LogP contribution in [-0.2, 0) is 14.6 Å². The van der Waals surface area contributed by atoms with Gasteiger partial charge in [-0.1, -0.05) is 42.5 Å². The molecule has 0 unspecified atom stereocenters. The van der Waals surface area contributed by atoms with Gasteiger partial charge in [-0.15, -0.1) is 0 Å². The summed E-state index contributed by atoms with van der Waals surface area (Å²) in [6.07, 6.45) is 0.641. The largest absolute Gasteiger partial charge is 0.345 e. The summed E-state index contributed by atoms with van der Waals surface area (Å²) < 4.78 is 23.1. The molecule has 0 aliphatic carbocycles. The highest BCUT2D eigenvalue weighted by atomic mass is 32.2. The smallest absolute Gasteiger partial charge is 0.253 e. The van der Waals surface area contributed by atoms with Gasteiger partial charge in [0.05, 0.1) is 28.8 Å². The summed E-state index contributed by atoms with van der Waals surface area (Å²) in [4.78, 5) is 25.1. The zero-order valence-corrected chi connectivity index (χ0v) is 16.5. The van der Waals surface area contributed by atoms with Crippen LogP contribution in [0.3, 0.4) is 0 Å². The van der Waals surface area contributed by atoms with Crippen LogP contribution in [0.4, 0.5) is 5.69 Å². The lowest BCUT2D eigenvalue weighted by molar-refractivity contribution is -0.116. The molecule has 2 atom stereocenters. The average Bonchev–Trinajstić information content (AvgIpc) is 3.00. The molecule has 2 aromatic rings. The lowest BCUT2D eigenvalue weighted by Crippen LogP contribution is -2.28. The molecule has 28 heavy (non-hydrogen) atoms. The van der Waals surface area contributed by atoms with Crippen LogP contribution in [0, 0.1) is 5.92 Å². The predicted octanol–water partition coefficient (Wildman–Crippen LogP) is 2.94. The summed E-state index contributed by atoms with van der Waals surface area (Å²) >= 11 is 0. The minimum atomic E-state index is -3.02. The van der Waals surface area contributed by atoms with Crippen LogP contribution in [0.5, 0.6) is 0 Å². The zero-order chi connectivity index (χ0) is 20.1. The van der Waals surface area contributed by atoms with Crippen LogP contribution in [0.1, 0.15) is 41.7 Å². The highest BCUT2D eigenvalue weighted by Crippen LogP contribution is 2.23. The Balaban J connectivity index is 1.65. The van der Waals surface area contributed by atoms with E-state index in [1.807, 2.05) is 37.3 Å². The van der Waals surface area contributed by atoms with Crippen molar-refractivity contribution in [3.8, 4) is 0 Å². The number of amides is 2. The molecule has 1 saturated heterocycles. The van der Waals surface area contributed by atoms with Crippen molar-refractivity contribution in [2.75, 3.05) is 16.8 Å². The van der Waals surface area contributed by atoms with Gasteiger partial charge in [-0.05, 0) is 37.0 Å². The van der Waals surface area contributed by atoms with Gasteiger partial charge < -0.3 is 10.6 Å². The van der Waals surface area contributed by atoms with Crippen molar-refractivity contribution in [1.82, 2.24) is 5.32 Å². The van der Waals surface area contributed by atoms with Gasteiger partial charge in [-0.25, -0.2) is 8.42 Å². The number of anilines is 1. The first-order chi connectivity index (χ1) is 13.3. The Morgan fingerprint density at radius 2 is 1.75 bits per heavy atom. The van der Waals surface area contributed by atoms with Crippen molar-refractivity contribution in [1.29, 1.82) is 0 Å². The predicted molar refractivity (Wildman–Crippen MR) is 109 cm³/mol. The molecule has 148 valence electrons. The summed E-state index contributed by atoms with van der Waals surface area (Å²) in [6, 6.07) is 16.2. The maximum Gasteiger partial charge on any atom is 0.253 e. The van der Waals surface area contributed by atoms with E-state index >= 15 is 0 Å². The molecule has 6 nitrogen and oxygen atoms in total. The van der Waals surface area contributed by atoms with Crippen LogP contribution in [-0.4, -0.2) is 31.7 Å². The SMILES string of the molecule is C[C@H](NC(=O)c1ccccc1NC(=O)C[C@H]1CCS(=O)(=O)C1)c1ccccc1. The molecule has 0 spiro atoms. The molecule has 1 heterocycles. The van der Waals surface area contributed by atoms with Crippen molar-refractivity contribution < 1.29 is 18.0 Å². The molecule has 0 bridgehead atoms. The van der Waals surface area contributed by atoms with E-state index in [0.717, 1.165) is 5.56 Å². The van der Waals surface area contributed by atoms with E-state index in [-0.39, 0.29) is 41.7 Å². The van der Waals surface area contributed by atoms with E-state index in [2.05, 4.69) is 10.6 Å². The standard InChI is InChI=1S/C21H24N2O4S/c1-15(17-7-3-2-4-8-17)22-21(25)18-9-5-6-10-19(18)23-20(24)13-16-11-12-28(26,27)14-16/h2-10,15-16H,11-14H2,1H3,(H,22,25)(H,23,24)/t15-,16+/m0/s1. The molecule has 2 N–H and O–H groups in total. The monoisotopic (exact) mass is 400 g/mol. The normalized spacial score (nSPS) is 19.0. The molecule has 0 aromatic heterocycles. The van der Waals surface area contributed by atoms with E-state index in [9.17, 15) is 18.0 Å². The Kier molecular flexibility index (Phi) is 6.14. The molecule has 1 fully saturated rings. The number of carbonyl (C=O) groups is 2. The Morgan fingerprint density at radius 3 is 2.43 bits per heavy atom. The maximum absolute atomic E-state index is 12.7. The fourth-order valence-corrected chi connectivity index (χ4v) is 5.25. The van der Waals surface area contributed by atoms with Gasteiger partial charge in [0, 0.05) is 6.42 Å². The number of para-hydroxylation sites is 1. The van der Waals surface area contributed by atoms with Gasteiger partial charge in [0.15, 0.2) is 9.84 Å². The second-order valence-corrected chi connectivity index (χ2v) is 9.40. The Bertz CT molecular complexity index is 957. The van der Waals surface area contributed by atoms with Gasteiger partial charge in [-0.2, -0.15) is 0 Å². The average molecular weight is 401 g/mol. The summed E-state index contributed by atoms with van der Waals surface area (Å²) in [6.45, 7) is 1.90. The number of sulfone groups is 1. The first-order valence-electron chi connectivity index (χ1n) is 9.29. The minimum Gasteiger partial charge on any atom is -0.345 e. The molecule has 0 radical (unpaired) electrons. The quantitative estimate of drug-likeness (QED) is 0.780. The zero-order valence-electron chi connectivity index (χ0n) is 15.7. The lowest BCUT2D eigenvalue weighted by Gasteiger charge is -2.17. The minimum absolute atomic E-state index is 0.0527. The number of carbonyl (C=O) groups excluding carboxylic acids is 2. The summed E-state index contributed by atoms with van der Waals surface area (Å²) in [5, 5.41) is 5.70. The third-order valence-corrected chi connectivity index (χ3v) is 6.73. The van der Waals surface area contributed by atoms with E-state index in [4.69, 9.17) is 0 Å². The lowest BCUT2D eigenvalue weighted by atomic mass is 10.0. The van der Waals surface area contributed by atoms with Gasteiger partial charge >= 0.3 is 0 Å². The molecule has 2 aromatic carbocycles. The second-order valence-electron chi connectivity index (χ2n) is 7.17. The van der Waals surface area contributed by atoms with Crippen LogP contribution in [0.15, 0.2) is 54.6 Å². The van der Waals surface area contributed by atoms with Crippen molar-refractivity contribution in [2.45, 2.75) is 25.8 Å². The van der Waals surface area contributed by atoms with Crippen LogP contribution in [0.2, 0.25) is 0 Å². The fourth-order valence-electron chi connectivity index (χ4n) is 3.39. The Morgan fingerprint density at radius 1 is 1.07 bits per heavy atom. The first-order valence-corrected chi connectivity index (χ1v) is 11.1. The fraction of sp³-hybridized carbons (Fsp3) is 0.333. The first kappa shape index (κ1) is 20.1. The molecule has 0 saturated carbocycles. The highest BCUT2D eigenvalue weighted by Gasteiger charge is 2.29. The van der Waals surface area contributed by atoms with Gasteiger partial charge in [-0.3, -0.25) is 9.59 Å². The Hall–Kier alpha value is -2.67. The summed E-state index contributed by atoms with van der Waals surface area (Å²) in [5.74, 6) is -0.531. The number of hydrogen-bond donors (Lipinski definition) is 2. The molecule has 1 aliphatic heterocycles. The van der Waals surface area contributed by atoms with E-state index in [0.29, 0.717) is 17.7 Å². The van der Waals surface area contributed by atoms with E-state index in [1.165, 1.54) is 0 Å². The third-order valence-electron chi connectivity index (χ3n) is 4.89. The van der Waals surface area contributed by atoms with Gasteiger partial charge in [0.1, 0.15) is 0 Å². The topological polar surface area (TPSA) is 92.3 Å². The highest BCUT2D eigenvalue weighted by molar-refractivity contribution is 7.91.